The largest absolute Gasteiger partial charge is 0.469 e. The molecule has 0 aliphatic heterocycles. The van der Waals surface area contributed by atoms with E-state index in [1.54, 1.807) is 0 Å². The van der Waals surface area contributed by atoms with E-state index >= 15 is 0 Å². The minimum absolute atomic E-state index is 0.0107. The molecule has 6 heteroatoms. The summed E-state index contributed by atoms with van der Waals surface area (Å²) in [5, 5.41) is 0. The third-order valence-electron chi connectivity index (χ3n) is 2.86. The number of ether oxygens (including phenoxy) is 1. The smallest absolute Gasteiger partial charge is 0.305 e. The summed E-state index contributed by atoms with van der Waals surface area (Å²) in [7, 11) is -1.93. The maximum absolute atomic E-state index is 11.5. The molecule has 0 amide bonds. The molecule has 0 spiro atoms. The van der Waals surface area contributed by atoms with Crippen molar-refractivity contribution in [3.05, 3.63) is 0 Å². The molecule has 0 aromatic carbocycles. The number of nitrogens with one attached hydrogen (secondary N) is 1. The van der Waals surface area contributed by atoms with Crippen molar-refractivity contribution in [2.45, 2.75) is 26.2 Å². The van der Waals surface area contributed by atoms with Crippen molar-refractivity contribution in [1.82, 2.24) is 4.72 Å². The first-order valence-corrected chi connectivity index (χ1v) is 7.14. The Labute approximate surface area is 96.6 Å². The summed E-state index contributed by atoms with van der Waals surface area (Å²) < 4.78 is 29.9. The van der Waals surface area contributed by atoms with Gasteiger partial charge in [0.25, 0.3) is 0 Å². The van der Waals surface area contributed by atoms with Crippen LogP contribution in [-0.4, -0.2) is 33.8 Å². The fraction of sp³-hybridized carbons (Fsp3) is 0.900. The lowest BCUT2D eigenvalue weighted by Crippen LogP contribution is -2.28. The van der Waals surface area contributed by atoms with Crippen LogP contribution in [0.4, 0.5) is 0 Å². The fourth-order valence-electron chi connectivity index (χ4n) is 1.50. The summed E-state index contributed by atoms with van der Waals surface area (Å²) in [5.74, 6) is 0.752. The van der Waals surface area contributed by atoms with E-state index in [0.717, 1.165) is 6.42 Å². The second-order valence-corrected chi connectivity index (χ2v) is 6.25. The van der Waals surface area contributed by atoms with Crippen LogP contribution in [0.1, 0.15) is 26.2 Å². The molecule has 1 aliphatic rings. The predicted octanol–water partition coefficient (Wildman–Crippen LogP) is 0.515. The number of hydrogen-bond donors (Lipinski definition) is 1. The Morgan fingerprint density at radius 1 is 1.50 bits per heavy atom. The van der Waals surface area contributed by atoms with Crippen molar-refractivity contribution in [3.8, 4) is 0 Å². The Balaban J connectivity index is 2.15. The van der Waals surface area contributed by atoms with E-state index in [-0.39, 0.29) is 18.1 Å². The SMILES string of the molecule is COC(=O)CCCS(=O)(=O)NCC1CC1C. The van der Waals surface area contributed by atoms with Crippen molar-refractivity contribution in [3.63, 3.8) is 0 Å². The monoisotopic (exact) mass is 249 g/mol. The zero-order valence-electron chi connectivity index (χ0n) is 9.73. The number of sulfonamides is 1. The van der Waals surface area contributed by atoms with Gasteiger partial charge in [0.2, 0.25) is 10.0 Å². The summed E-state index contributed by atoms with van der Waals surface area (Å²) >= 11 is 0. The van der Waals surface area contributed by atoms with Gasteiger partial charge in [0.1, 0.15) is 0 Å². The van der Waals surface area contributed by atoms with E-state index in [2.05, 4.69) is 16.4 Å². The van der Waals surface area contributed by atoms with Gasteiger partial charge in [0, 0.05) is 13.0 Å². The molecule has 0 heterocycles. The average molecular weight is 249 g/mol. The zero-order chi connectivity index (χ0) is 12.2. The molecule has 0 saturated heterocycles. The first-order valence-electron chi connectivity index (χ1n) is 5.49. The van der Waals surface area contributed by atoms with E-state index in [9.17, 15) is 13.2 Å². The summed E-state index contributed by atoms with van der Waals surface area (Å²) in [6, 6.07) is 0. The van der Waals surface area contributed by atoms with E-state index in [1.807, 2.05) is 0 Å². The Bertz CT molecular complexity index is 339. The lowest BCUT2D eigenvalue weighted by Gasteiger charge is -2.05. The molecular weight excluding hydrogens is 230 g/mol. The van der Waals surface area contributed by atoms with Gasteiger partial charge < -0.3 is 4.74 Å². The highest BCUT2D eigenvalue weighted by Gasteiger charge is 2.32. The van der Waals surface area contributed by atoms with Crippen LogP contribution in [0.3, 0.4) is 0 Å². The number of carbonyl (C=O) groups is 1. The molecule has 2 unspecified atom stereocenters. The highest BCUT2D eigenvalue weighted by molar-refractivity contribution is 7.89. The van der Waals surface area contributed by atoms with Gasteiger partial charge in [-0.15, -0.1) is 0 Å². The minimum atomic E-state index is -3.22. The molecule has 94 valence electrons. The predicted molar refractivity (Wildman–Crippen MR) is 60.3 cm³/mol. The highest BCUT2D eigenvalue weighted by atomic mass is 32.2. The minimum Gasteiger partial charge on any atom is -0.469 e. The maximum Gasteiger partial charge on any atom is 0.305 e. The number of carbonyl (C=O) groups excluding carboxylic acids is 1. The number of rotatable bonds is 7. The number of hydrogen-bond acceptors (Lipinski definition) is 4. The van der Waals surface area contributed by atoms with Crippen LogP contribution in [0.5, 0.6) is 0 Å². The molecule has 0 radical (unpaired) electrons. The van der Waals surface area contributed by atoms with Gasteiger partial charge in [0.15, 0.2) is 0 Å². The summed E-state index contributed by atoms with van der Waals surface area (Å²) in [5.41, 5.74) is 0. The number of esters is 1. The molecule has 1 saturated carbocycles. The van der Waals surface area contributed by atoms with Gasteiger partial charge in [-0.25, -0.2) is 13.1 Å². The first kappa shape index (κ1) is 13.4. The fourth-order valence-corrected chi connectivity index (χ4v) is 2.63. The van der Waals surface area contributed by atoms with Crippen LogP contribution < -0.4 is 4.72 Å². The van der Waals surface area contributed by atoms with Crippen molar-refractivity contribution < 1.29 is 17.9 Å². The summed E-state index contributed by atoms with van der Waals surface area (Å²) in [6.45, 7) is 2.64. The topological polar surface area (TPSA) is 72.5 Å². The molecular formula is C10H19NO4S. The zero-order valence-corrected chi connectivity index (χ0v) is 10.5. The Kier molecular flexibility index (Phi) is 4.73. The molecule has 0 aromatic heterocycles. The van der Waals surface area contributed by atoms with Gasteiger partial charge in [-0.3, -0.25) is 4.79 Å². The average Bonchev–Trinajstić information content (AvgIpc) is 2.91. The second kappa shape index (κ2) is 5.63. The Morgan fingerprint density at radius 3 is 2.62 bits per heavy atom. The van der Waals surface area contributed by atoms with E-state index in [0.29, 0.717) is 24.8 Å². The molecule has 2 atom stereocenters. The summed E-state index contributed by atoms with van der Waals surface area (Å²) in [4.78, 5) is 10.8. The van der Waals surface area contributed by atoms with E-state index < -0.39 is 10.0 Å². The van der Waals surface area contributed by atoms with Crippen LogP contribution in [0, 0.1) is 11.8 Å². The van der Waals surface area contributed by atoms with Gasteiger partial charge in [-0.2, -0.15) is 0 Å². The van der Waals surface area contributed by atoms with Crippen LogP contribution in [-0.2, 0) is 19.6 Å². The maximum atomic E-state index is 11.5. The molecule has 5 nitrogen and oxygen atoms in total. The van der Waals surface area contributed by atoms with E-state index in [1.165, 1.54) is 7.11 Å². The molecule has 0 bridgehead atoms. The van der Waals surface area contributed by atoms with Gasteiger partial charge >= 0.3 is 5.97 Å². The van der Waals surface area contributed by atoms with Gasteiger partial charge in [0.05, 0.1) is 12.9 Å². The Morgan fingerprint density at radius 2 is 2.12 bits per heavy atom. The summed E-state index contributed by atoms with van der Waals surface area (Å²) in [6.07, 6.45) is 1.56. The highest BCUT2D eigenvalue weighted by Crippen LogP contribution is 2.36. The lowest BCUT2D eigenvalue weighted by atomic mass is 10.3. The van der Waals surface area contributed by atoms with Crippen LogP contribution in [0.25, 0.3) is 0 Å². The van der Waals surface area contributed by atoms with Crippen LogP contribution in [0.15, 0.2) is 0 Å². The lowest BCUT2D eigenvalue weighted by molar-refractivity contribution is -0.140. The van der Waals surface area contributed by atoms with Crippen molar-refractivity contribution in [2.75, 3.05) is 19.4 Å². The van der Waals surface area contributed by atoms with Gasteiger partial charge in [-0.05, 0) is 24.7 Å². The molecule has 1 N–H and O–H groups in total. The second-order valence-electron chi connectivity index (χ2n) is 4.32. The molecule has 1 fully saturated rings. The third-order valence-corrected chi connectivity index (χ3v) is 4.30. The quantitative estimate of drug-likeness (QED) is 0.667. The molecule has 16 heavy (non-hydrogen) atoms. The first-order chi connectivity index (χ1) is 7.44. The molecule has 1 rings (SSSR count). The molecule has 1 aliphatic carbocycles. The van der Waals surface area contributed by atoms with Crippen molar-refractivity contribution in [1.29, 1.82) is 0 Å². The number of methoxy groups -OCH3 is 1. The van der Waals surface area contributed by atoms with Crippen molar-refractivity contribution >= 4 is 16.0 Å². The van der Waals surface area contributed by atoms with Crippen LogP contribution in [0.2, 0.25) is 0 Å². The standard InChI is InChI=1S/C10H19NO4S/c1-8-6-9(8)7-11-16(13,14)5-3-4-10(12)15-2/h8-9,11H,3-7H2,1-2H3. The third kappa shape index (κ3) is 4.94. The normalized spacial score (nSPS) is 24.1. The van der Waals surface area contributed by atoms with Crippen molar-refractivity contribution in [2.24, 2.45) is 11.8 Å². The van der Waals surface area contributed by atoms with E-state index in [4.69, 9.17) is 0 Å². The molecule has 0 aromatic rings. The van der Waals surface area contributed by atoms with Gasteiger partial charge in [-0.1, -0.05) is 6.92 Å². The Hall–Kier alpha value is -0.620. The van der Waals surface area contributed by atoms with Crippen LogP contribution >= 0.6 is 0 Å².